The van der Waals surface area contributed by atoms with E-state index in [0.717, 1.165) is 51.4 Å². The fourth-order valence-electron chi connectivity index (χ4n) is 8.67. The fraction of sp³-hybridized carbons (Fsp3) is 0.927. The van der Waals surface area contributed by atoms with Gasteiger partial charge in [-0.2, -0.15) is 0 Å². The average molecular weight is 862 g/mol. The number of nitrogens with one attached hydrogen (secondary N) is 1. The Labute approximate surface area is 380 Å². The van der Waals surface area contributed by atoms with E-state index in [1.807, 2.05) is 0 Å². The van der Waals surface area contributed by atoms with E-state index in [0.29, 0.717) is 19.3 Å². The van der Waals surface area contributed by atoms with E-state index in [4.69, 9.17) is 4.74 Å². The van der Waals surface area contributed by atoms with Crippen molar-refractivity contribution in [3.63, 3.8) is 0 Å². The number of aliphatic hydroxyl groups is 2. The number of hydrogen-bond acceptors (Lipinski definition) is 5. The Morgan fingerprint density at radius 3 is 1.20 bits per heavy atom. The molecule has 0 spiro atoms. The zero-order valence-electron chi connectivity index (χ0n) is 41.3. The lowest BCUT2D eigenvalue weighted by Gasteiger charge is -2.24. The number of esters is 1. The molecule has 3 unspecified atom stereocenters. The number of amides is 1. The van der Waals surface area contributed by atoms with Gasteiger partial charge in [0.25, 0.3) is 0 Å². The van der Waals surface area contributed by atoms with Crippen LogP contribution in [0.15, 0.2) is 12.2 Å². The molecule has 6 nitrogen and oxygen atoms in total. The fourth-order valence-corrected chi connectivity index (χ4v) is 8.67. The zero-order chi connectivity index (χ0) is 44.5. The maximum atomic E-state index is 13.2. The molecule has 0 fully saturated rings. The summed E-state index contributed by atoms with van der Waals surface area (Å²) in [6.07, 6.45) is 55.7. The van der Waals surface area contributed by atoms with Gasteiger partial charge in [-0.15, -0.1) is 0 Å². The van der Waals surface area contributed by atoms with Crippen LogP contribution in [0.5, 0.6) is 0 Å². The molecule has 0 saturated carbocycles. The van der Waals surface area contributed by atoms with Crippen molar-refractivity contribution in [2.24, 2.45) is 0 Å². The molecule has 0 saturated heterocycles. The Balaban J connectivity index is 4.45. The van der Waals surface area contributed by atoms with Crippen LogP contribution in [0.4, 0.5) is 0 Å². The number of carbonyl (C=O) groups excluding carboxylic acids is 2. The molecule has 0 aliphatic heterocycles. The highest BCUT2D eigenvalue weighted by Crippen LogP contribution is 2.18. The summed E-state index contributed by atoms with van der Waals surface area (Å²) < 4.78 is 5.93. The average Bonchev–Trinajstić information content (AvgIpc) is 3.25. The smallest absolute Gasteiger partial charge is 0.306 e. The lowest BCUT2D eigenvalue weighted by atomic mass is 10.0. The molecule has 0 aliphatic carbocycles. The van der Waals surface area contributed by atoms with Crippen molar-refractivity contribution in [3.8, 4) is 0 Å². The lowest BCUT2D eigenvalue weighted by molar-refractivity contribution is -0.151. The normalized spacial score (nSPS) is 13.2. The molecule has 0 rings (SSSR count). The second-order valence-corrected chi connectivity index (χ2v) is 19.0. The summed E-state index contributed by atoms with van der Waals surface area (Å²) in [5, 5.41) is 23.8. The first-order valence-electron chi connectivity index (χ1n) is 27.4. The van der Waals surface area contributed by atoms with Crippen molar-refractivity contribution in [1.82, 2.24) is 5.32 Å². The van der Waals surface area contributed by atoms with Crippen LogP contribution in [0.25, 0.3) is 0 Å². The molecule has 0 bridgehead atoms. The van der Waals surface area contributed by atoms with Gasteiger partial charge in [-0.1, -0.05) is 258 Å². The van der Waals surface area contributed by atoms with Crippen molar-refractivity contribution in [2.45, 2.75) is 322 Å². The van der Waals surface area contributed by atoms with Gasteiger partial charge in [0.05, 0.1) is 25.2 Å². The highest BCUT2D eigenvalue weighted by Gasteiger charge is 2.24. The maximum absolute atomic E-state index is 13.2. The Bertz CT molecular complexity index is 924. The summed E-state index contributed by atoms with van der Waals surface area (Å²) in [6.45, 7) is 6.50. The first-order valence-corrected chi connectivity index (χ1v) is 27.4. The molecule has 6 heteroatoms. The van der Waals surface area contributed by atoms with Gasteiger partial charge in [0.15, 0.2) is 0 Å². The van der Waals surface area contributed by atoms with Crippen molar-refractivity contribution in [2.75, 3.05) is 6.61 Å². The number of rotatable bonds is 50. The third-order valence-corrected chi connectivity index (χ3v) is 12.8. The molecule has 0 aliphatic rings. The van der Waals surface area contributed by atoms with Gasteiger partial charge in [0.2, 0.25) is 5.91 Å². The van der Waals surface area contributed by atoms with E-state index in [-0.39, 0.29) is 24.9 Å². The molecular weight excluding hydrogens is 755 g/mol. The predicted molar refractivity (Wildman–Crippen MR) is 264 cm³/mol. The summed E-state index contributed by atoms with van der Waals surface area (Å²) >= 11 is 0. The summed E-state index contributed by atoms with van der Waals surface area (Å²) in [4.78, 5) is 26.1. The van der Waals surface area contributed by atoms with E-state index in [2.05, 4.69) is 38.2 Å². The number of hydrogen-bond donors (Lipinski definition) is 3. The molecule has 3 atom stereocenters. The molecule has 362 valence electrons. The number of unbranched alkanes of at least 4 members (excludes halogenated alkanes) is 36. The quantitative estimate of drug-likeness (QED) is 0.0322. The maximum Gasteiger partial charge on any atom is 0.306 e. The van der Waals surface area contributed by atoms with Gasteiger partial charge >= 0.3 is 5.97 Å². The van der Waals surface area contributed by atoms with Gasteiger partial charge in [-0.25, -0.2) is 0 Å². The molecule has 0 heterocycles. The largest absolute Gasteiger partial charge is 0.462 e. The van der Waals surface area contributed by atoms with Crippen LogP contribution in [0.3, 0.4) is 0 Å². The third kappa shape index (κ3) is 45.0. The Morgan fingerprint density at radius 2 is 0.803 bits per heavy atom. The minimum absolute atomic E-state index is 0.0638. The van der Waals surface area contributed by atoms with Crippen molar-refractivity contribution < 1.29 is 24.5 Å². The third-order valence-electron chi connectivity index (χ3n) is 12.8. The Kier molecular flexibility index (Phi) is 48.5. The molecule has 3 N–H and O–H groups in total. The number of allylic oxidation sites excluding steroid dienone is 2. The minimum atomic E-state index is -0.788. The van der Waals surface area contributed by atoms with Crippen LogP contribution in [0.2, 0.25) is 0 Å². The standard InChI is InChI=1S/C55H107NO5/c1-4-7-10-13-16-19-22-24-25-26-27-28-30-33-36-39-42-45-48-55(60)61-51(46-43-40-37-34-31-21-18-15-12-9-6-3)49-54(59)56-52(50-57)53(58)47-44-41-38-35-32-29-23-20-17-14-11-8-5-2/h34,37,51-53,57-58H,4-33,35-36,38-50H2,1-3H3,(H,56,59)/b37-34-. The van der Waals surface area contributed by atoms with Crippen LogP contribution >= 0.6 is 0 Å². The highest BCUT2D eigenvalue weighted by atomic mass is 16.5. The monoisotopic (exact) mass is 862 g/mol. The molecule has 0 aromatic heterocycles. The SMILES string of the molecule is CCCCCCCC/C=C\CCCC(CC(=O)NC(CO)C(O)CCCCCCCCCCCCCCC)OC(=O)CCCCCCCCCCCCCCCCCCCC. The minimum Gasteiger partial charge on any atom is -0.462 e. The zero-order valence-corrected chi connectivity index (χ0v) is 41.3. The van der Waals surface area contributed by atoms with Gasteiger partial charge in [0, 0.05) is 6.42 Å². The van der Waals surface area contributed by atoms with Crippen molar-refractivity contribution >= 4 is 11.9 Å². The van der Waals surface area contributed by atoms with Crippen LogP contribution in [0, 0.1) is 0 Å². The Morgan fingerprint density at radius 1 is 0.459 bits per heavy atom. The topological polar surface area (TPSA) is 95.9 Å². The second kappa shape index (κ2) is 49.6. The summed E-state index contributed by atoms with van der Waals surface area (Å²) in [5.74, 6) is -0.484. The molecule has 0 radical (unpaired) electrons. The first kappa shape index (κ1) is 59.6. The summed E-state index contributed by atoms with van der Waals surface area (Å²) in [7, 11) is 0. The van der Waals surface area contributed by atoms with Crippen molar-refractivity contribution in [3.05, 3.63) is 12.2 Å². The van der Waals surface area contributed by atoms with E-state index in [9.17, 15) is 19.8 Å². The summed E-state index contributed by atoms with van der Waals surface area (Å²) in [6, 6.07) is -0.703. The van der Waals surface area contributed by atoms with Gasteiger partial charge in [-0.05, 0) is 44.9 Å². The number of aliphatic hydroxyl groups excluding tert-OH is 2. The Hall–Kier alpha value is -1.40. The lowest BCUT2D eigenvalue weighted by Crippen LogP contribution is -2.46. The second-order valence-electron chi connectivity index (χ2n) is 19.0. The van der Waals surface area contributed by atoms with Crippen LogP contribution < -0.4 is 5.32 Å². The summed E-state index contributed by atoms with van der Waals surface area (Å²) in [5.41, 5.74) is 0. The van der Waals surface area contributed by atoms with E-state index in [1.54, 1.807) is 0 Å². The number of carbonyl (C=O) groups is 2. The van der Waals surface area contributed by atoms with E-state index >= 15 is 0 Å². The first-order chi connectivity index (χ1) is 30.0. The van der Waals surface area contributed by atoms with E-state index in [1.165, 1.54) is 205 Å². The predicted octanol–water partition coefficient (Wildman–Crippen LogP) is 16.5. The van der Waals surface area contributed by atoms with Crippen molar-refractivity contribution in [1.29, 1.82) is 0 Å². The van der Waals surface area contributed by atoms with Crippen LogP contribution in [0.1, 0.15) is 303 Å². The van der Waals surface area contributed by atoms with Crippen LogP contribution in [-0.4, -0.2) is 46.9 Å². The molecule has 61 heavy (non-hydrogen) atoms. The molecule has 0 aromatic carbocycles. The van der Waals surface area contributed by atoms with Gasteiger partial charge < -0.3 is 20.3 Å². The van der Waals surface area contributed by atoms with Crippen LogP contribution in [-0.2, 0) is 14.3 Å². The molecule has 0 aromatic rings. The highest BCUT2D eigenvalue weighted by molar-refractivity contribution is 5.77. The molecule has 1 amide bonds. The van der Waals surface area contributed by atoms with E-state index < -0.39 is 18.2 Å². The molecular formula is C55H107NO5. The number of ether oxygens (including phenoxy) is 1. The van der Waals surface area contributed by atoms with Gasteiger partial charge in [0.1, 0.15) is 6.10 Å². The van der Waals surface area contributed by atoms with Gasteiger partial charge in [-0.3, -0.25) is 9.59 Å².